The van der Waals surface area contributed by atoms with E-state index in [0.717, 1.165) is 18.8 Å². The van der Waals surface area contributed by atoms with Gasteiger partial charge in [-0.25, -0.2) is 0 Å². The summed E-state index contributed by atoms with van der Waals surface area (Å²) in [7, 11) is 1.73. The highest BCUT2D eigenvalue weighted by Gasteiger charge is 2.32. The topological polar surface area (TPSA) is 18.5 Å². The second kappa shape index (κ2) is 5.17. The van der Waals surface area contributed by atoms with Crippen LogP contribution in [0, 0.1) is 0 Å². The minimum absolute atomic E-state index is 0.224. The fourth-order valence-corrected chi connectivity index (χ4v) is 2.31. The molecule has 0 heterocycles. The molecule has 0 radical (unpaired) electrons. The lowest BCUT2D eigenvalue weighted by molar-refractivity contribution is 0.0509. The lowest BCUT2D eigenvalue weighted by atomic mass is 9.95. The average molecular weight is 218 g/mol. The Hall–Kier alpha value is -1.28. The van der Waals surface area contributed by atoms with Crippen molar-refractivity contribution in [2.24, 2.45) is 0 Å². The number of hydrogen-bond acceptors (Lipinski definition) is 2. The summed E-state index contributed by atoms with van der Waals surface area (Å²) in [6.07, 6.45) is 3.30. The molecule has 0 N–H and O–H groups in total. The van der Waals surface area contributed by atoms with E-state index >= 15 is 0 Å². The van der Waals surface area contributed by atoms with Crippen molar-refractivity contribution < 1.29 is 9.47 Å². The van der Waals surface area contributed by atoms with Gasteiger partial charge in [0.25, 0.3) is 0 Å². The van der Waals surface area contributed by atoms with E-state index in [2.05, 4.69) is 30.3 Å². The van der Waals surface area contributed by atoms with Gasteiger partial charge in [0.05, 0.1) is 19.1 Å². The first-order chi connectivity index (χ1) is 7.86. The van der Waals surface area contributed by atoms with Crippen molar-refractivity contribution in [3.8, 4) is 0 Å². The third kappa shape index (κ3) is 2.12. The molecule has 86 valence electrons. The molecule has 0 amide bonds. The monoisotopic (exact) mass is 218 g/mol. The Morgan fingerprint density at radius 1 is 1.25 bits per heavy atom. The molecule has 2 atom stereocenters. The molecule has 1 aliphatic carbocycles. The highest BCUT2D eigenvalue weighted by Crippen LogP contribution is 2.37. The summed E-state index contributed by atoms with van der Waals surface area (Å²) < 4.78 is 11.2. The Morgan fingerprint density at radius 2 is 2.00 bits per heavy atom. The first-order valence-corrected chi connectivity index (χ1v) is 5.77. The first-order valence-electron chi connectivity index (χ1n) is 5.77. The van der Waals surface area contributed by atoms with Crippen molar-refractivity contribution in [3.05, 3.63) is 47.7 Å². The summed E-state index contributed by atoms with van der Waals surface area (Å²) in [5, 5.41) is 0. The average Bonchev–Trinajstić information content (AvgIpc) is 2.74. The van der Waals surface area contributed by atoms with Crippen LogP contribution in [0.1, 0.15) is 24.8 Å². The molecule has 1 aromatic carbocycles. The number of benzene rings is 1. The van der Waals surface area contributed by atoms with Gasteiger partial charge in [-0.15, -0.1) is 0 Å². The first kappa shape index (κ1) is 11.2. The molecule has 0 aromatic heterocycles. The molecule has 0 aliphatic heterocycles. The largest absolute Gasteiger partial charge is 0.501 e. The quantitative estimate of drug-likeness (QED) is 0.773. The van der Waals surface area contributed by atoms with E-state index < -0.39 is 0 Å². The Balaban J connectivity index is 2.23. The molecular weight excluding hydrogens is 200 g/mol. The molecule has 2 heteroatoms. The van der Waals surface area contributed by atoms with E-state index in [1.807, 2.05) is 13.0 Å². The maximum Gasteiger partial charge on any atom is 0.102 e. The number of methoxy groups -OCH3 is 1. The van der Waals surface area contributed by atoms with Crippen LogP contribution in [-0.4, -0.2) is 19.8 Å². The lowest BCUT2D eigenvalue weighted by Gasteiger charge is -2.22. The van der Waals surface area contributed by atoms with Crippen LogP contribution < -0.4 is 0 Å². The summed E-state index contributed by atoms with van der Waals surface area (Å²) >= 11 is 0. The zero-order chi connectivity index (χ0) is 11.4. The fourth-order valence-electron chi connectivity index (χ4n) is 2.31. The minimum Gasteiger partial charge on any atom is -0.501 e. The predicted octanol–water partition coefficient (Wildman–Crippen LogP) is 3.11. The molecule has 2 nitrogen and oxygen atoms in total. The van der Waals surface area contributed by atoms with Crippen LogP contribution in [0.4, 0.5) is 0 Å². The van der Waals surface area contributed by atoms with Gasteiger partial charge in [-0.3, -0.25) is 0 Å². The van der Waals surface area contributed by atoms with Crippen molar-refractivity contribution in [2.75, 3.05) is 13.7 Å². The van der Waals surface area contributed by atoms with Gasteiger partial charge in [0.15, 0.2) is 0 Å². The van der Waals surface area contributed by atoms with Gasteiger partial charge in [-0.2, -0.15) is 0 Å². The second-order valence-corrected chi connectivity index (χ2v) is 3.93. The maximum absolute atomic E-state index is 5.77. The summed E-state index contributed by atoms with van der Waals surface area (Å²) in [5.41, 5.74) is 1.27. The molecule has 0 saturated heterocycles. The summed E-state index contributed by atoms with van der Waals surface area (Å²) in [6, 6.07) is 10.4. The molecule has 0 spiro atoms. The van der Waals surface area contributed by atoms with Crippen molar-refractivity contribution in [3.63, 3.8) is 0 Å². The van der Waals surface area contributed by atoms with Gasteiger partial charge in [-0.05, 0) is 25.0 Å². The van der Waals surface area contributed by atoms with Crippen LogP contribution in [-0.2, 0) is 9.47 Å². The van der Waals surface area contributed by atoms with Gasteiger partial charge in [-0.1, -0.05) is 30.3 Å². The van der Waals surface area contributed by atoms with Gasteiger partial charge < -0.3 is 9.47 Å². The van der Waals surface area contributed by atoms with Crippen molar-refractivity contribution in [2.45, 2.75) is 25.4 Å². The number of hydrogen-bond donors (Lipinski definition) is 0. The standard InChI is InChI=1S/C14H18O2/c1-3-16-13-10-9-12(15-2)14(13)11-7-5-4-6-8-11/h4-9,13-14H,3,10H2,1-2H3/t13-,14-/m0/s1. The van der Waals surface area contributed by atoms with Crippen LogP contribution in [0.2, 0.25) is 0 Å². The molecule has 2 rings (SSSR count). The van der Waals surface area contributed by atoms with E-state index in [0.29, 0.717) is 0 Å². The number of rotatable bonds is 4. The van der Waals surface area contributed by atoms with Gasteiger partial charge in [0.2, 0.25) is 0 Å². The van der Waals surface area contributed by atoms with Crippen molar-refractivity contribution in [1.82, 2.24) is 0 Å². The summed E-state index contributed by atoms with van der Waals surface area (Å²) in [5.74, 6) is 1.29. The van der Waals surface area contributed by atoms with E-state index in [-0.39, 0.29) is 12.0 Å². The van der Waals surface area contributed by atoms with Crippen LogP contribution in [0.25, 0.3) is 0 Å². The molecule has 1 aliphatic rings. The van der Waals surface area contributed by atoms with Crippen molar-refractivity contribution >= 4 is 0 Å². The Morgan fingerprint density at radius 3 is 2.62 bits per heavy atom. The van der Waals surface area contributed by atoms with E-state index in [1.165, 1.54) is 5.56 Å². The minimum atomic E-state index is 0.224. The SMILES string of the molecule is CCO[C@H]1CC=C(OC)[C@@H]1c1ccccc1. The smallest absolute Gasteiger partial charge is 0.102 e. The van der Waals surface area contributed by atoms with Crippen LogP contribution in [0.5, 0.6) is 0 Å². The zero-order valence-electron chi connectivity index (χ0n) is 9.85. The molecule has 0 bridgehead atoms. The molecule has 16 heavy (non-hydrogen) atoms. The van der Waals surface area contributed by atoms with E-state index in [1.54, 1.807) is 7.11 Å². The van der Waals surface area contributed by atoms with Gasteiger partial charge in [0.1, 0.15) is 5.76 Å². The summed E-state index contributed by atoms with van der Waals surface area (Å²) in [4.78, 5) is 0. The maximum atomic E-state index is 5.77. The van der Waals surface area contributed by atoms with Gasteiger partial charge >= 0.3 is 0 Å². The van der Waals surface area contributed by atoms with E-state index in [9.17, 15) is 0 Å². The second-order valence-electron chi connectivity index (χ2n) is 3.93. The van der Waals surface area contributed by atoms with Crippen LogP contribution in [0.3, 0.4) is 0 Å². The molecule has 1 aromatic rings. The molecule has 0 saturated carbocycles. The fraction of sp³-hybridized carbons (Fsp3) is 0.429. The highest BCUT2D eigenvalue weighted by atomic mass is 16.5. The molecule has 0 fully saturated rings. The van der Waals surface area contributed by atoms with Crippen LogP contribution >= 0.6 is 0 Å². The van der Waals surface area contributed by atoms with E-state index in [4.69, 9.17) is 9.47 Å². The normalized spacial score (nSPS) is 24.2. The van der Waals surface area contributed by atoms with Gasteiger partial charge in [0, 0.05) is 6.61 Å². The van der Waals surface area contributed by atoms with Crippen LogP contribution in [0.15, 0.2) is 42.2 Å². The third-order valence-electron chi connectivity index (χ3n) is 3.00. The number of ether oxygens (including phenoxy) is 2. The predicted molar refractivity (Wildman–Crippen MR) is 64.3 cm³/mol. The zero-order valence-corrected chi connectivity index (χ0v) is 9.85. The molecular formula is C14H18O2. The summed E-state index contributed by atoms with van der Waals surface area (Å²) in [6.45, 7) is 2.78. The van der Waals surface area contributed by atoms with Crippen molar-refractivity contribution in [1.29, 1.82) is 0 Å². The lowest BCUT2D eigenvalue weighted by Crippen LogP contribution is -2.19. The highest BCUT2D eigenvalue weighted by molar-refractivity contribution is 5.31. The Labute approximate surface area is 96.9 Å². The Kier molecular flexibility index (Phi) is 3.62. The third-order valence-corrected chi connectivity index (χ3v) is 3.00. The Bertz CT molecular complexity index is 356. The molecule has 0 unspecified atom stereocenters.